The largest absolute Gasteiger partial charge is 0.298 e. The van der Waals surface area contributed by atoms with Crippen LogP contribution in [0.15, 0.2) is 24.3 Å². The highest BCUT2D eigenvalue weighted by atomic mass is 32.2. The van der Waals surface area contributed by atoms with Gasteiger partial charge in [-0.1, -0.05) is 18.2 Å². The molecule has 5 heteroatoms. The average molecular weight is 280 g/mol. The van der Waals surface area contributed by atoms with Gasteiger partial charge >= 0.3 is 0 Å². The summed E-state index contributed by atoms with van der Waals surface area (Å²) < 4.78 is 23.1. The number of hydrogen-bond donors (Lipinski definition) is 0. The summed E-state index contributed by atoms with van der Waals surface area (Å²) in [6, 6.07) is 9.42. The van der Waals surface area contributed by atoms with Gasteiger partial charge in [0.05, 0.1) is 16.9 Å². The molecule has 0 aliphatic heterocycles. The summed E-state index contributed by atoms with van der Waals surface area (Å²) in [6.45, 7) is 4.16. The zero-order chi connectivity index (χ0) is 14.6. The first-order valence-electron chi connectivity index (χ1n) is 6.14. The van der Waals surface area contributed by atoms with Crippen molar-refractivity contribution in [3.63, 3.8) is 0 Å². The molecular formula is C14H20N2O2S. The van der Waals surface area contributed by atoms with Gasteiger partial charge in [0.15, 0.2) is 9.84 Å². The first kappa shape index (κ1) is 15.7. The van der Waals surface area contributed by atoms with Gasteiger partial charge in [-0.25, -0.2) is 8.42 Å². The Morgan fingerprint density at radius 2 is 1.89 bits per heavy atom. The Labute approximate surface area is 115 Å². The van der Waals surface area contributed by atoms with Gasteiger partial charge in [-0.15, -0.1) is 0 Å². The van der Waals surface area contributed by atoms with Crippen molar-refractivity contribution in [1.29, 1.82) is 5.26 Å². The molecule has 0 N–H and O–H groups in total. The van der Waals surface area contributed by atoms with Gasteiger partial charge in [-0.3, -0.25) is 4.90 Å². The first-order chi connectivity index (χ1) is 8.77. The van der Waals surface area contributed by atoms with Gasteiger partial charge in [0.25, 0.3) is 0 Å². The number of rotatable bonds is 5. The monoisotopic (exact) mass is 280 g/mol. The van der Waals surface area contributed by atoms with Gasteiger partial charge in [0, 0.05) is 18.8 Å². The Bertz CT molecular complexity index is 575. The van der Waals surface area contributed by atoms with Crippen molar-refractivity contribution in [3.05, 3.63) is 35.4 Å². The fourth-order valence-corrected chi connectivity index (χ4v) is 2.82. The molecule has 0 aromatic heterocycles. The van der Waals surface area contributed by atoms with Crippen LogP contribution in [0.4, 0.5) is 0 Å². The Kier molecular flexibility index (Phi) is 5.10. The molecule has 0 radical (unpaired) electrons. The third-order valence-electron chi connectivity index (χ3n) is 3.61. The molecule has 104 valence electrons. The van der Waals surface area contributed by atoms with Crippen LogP contribution in [0.5, 0.6) is 0 Å². The van der Waals surface area contributed by atoms with Crippen molar-refractivity contribution in [2.75, 3.05) is 13.3 Å². The maximum Gasteiger partial charge on any atom is 0.151 e. The van der Waals surface area contributed by atoms with Crippen molar-refractivity contribution in [1.82, 2.24) is 4.90 Å². The highest BCUT2D eigenvalue weighted by Gasteiger charge is 2.25. The van der Waals surface area contributed by atoms with E-state index in [0.717, 1.165) is 5.56 Å². The smallest absolute Gasteiger partial charge is 0.151 e. The normalized spacial score (nSPS) is 14.9. The number of nitrogens with zero attached hydrogens (tertiary/aromatic N) is 2. The van der Waals surface area contributed by atoms with E-state index in [2.05, 4.69) is 6.07 Å². The second-order valence-corrected chi connectivity index (χ2v) is 7.36. The fourth-order valence-electron chi connectivity index (χ4n) is 1.90. The van der Waals surface area contributed by atoms with Crippen molar-refractivity contribution < 1.29 is 8.42 Å². The molecule has 0 bridgehead atoms. The SMILES string of the molecule is C[C@@H]([C@H](C)S(C)(=O)=O)N(C)Cc1ccccc1C#N. The molecule has 0 heterocycles. The highest BCUT2D eigenvalue weighted by Crippen LogP contribution is 2.15. The minimum atomic E-state index is -3.06. The number of hydrogen-bond acceptors (Lipinski definition) is 4. The molecule has 0 fully saturated rings. The Balaban J connectivity index is 2.86. The van der Waals surface area contributed by atoms with Gasteiger partial charge < -0.3 is 0 Å². The molecule has 19 heavy (non-hydrogen) atoms. The summed E-state index contributed by atoms with van der Waals surface area (Å²) in [5.41, 5.74) is 1.55. The van der Waals surface area contributed by atoms with Gasteiger partial charge in [0.2, 0.25) is 0 Å². The van der Waals surface area contributed by atoms with Crippen LogP contribution in [0.2, 0.25) is 0 Å². The van der Waals surface area contributed by atoms with Crippen LogP contribution in [0.25, 0.3) is 0 Å². The lowest BCUT2D eigenvalue weighted by atomic mass is 10.1. The van der Waals surface area contributed by atoms with Crippen molar-refractivity contribution in [2.24, 2.45) is 0 Å². The van der Waals surface area contributed by atoms with Crippen LogP contribution in [-0.2, 0) is 16.4 Å². The lowest BCUT2D eigenvalue weighted by molar-refractivity contribution is 0.245. The molecule has 2 atom stereocenters. The predicted octanol–water partition coefficient (Wildman–Crippen LogP) is 1.81. The molecule has 0 unspecified atom stereocenters. The maximum atomic E-state index is 11.6. The molecule has 0 saturated heterocycles. The summed E-state index contributed by atoms with van der Waals surface area (Å²) in [5, 5.41) is 8.61. The minimum absolute atomic E-state index is 0.109. The van der Waals surface area contributed by atoms with E-state index in [0.29, 0.717) is 12.1 Å². The number of nitriles is 1. The summed E-state index contributed by atoms with van der Waals surface area (Å²) in [4.78, 5) is 1.96. The van der Waals surface area contributed by atoms with Gasteiger partial charge in [-0.05, 0) is 32.5 Å². The molecule has 0 aliphatic carbocycles. The summed E-state index contributed by atoms with van der Waals surface area (Å²) >= 11 is 0. The summed E-state index contributed by atoms with van der Waals surface area (Å²) in [5.74, 6) is 0. The second kappa shape index (κ2) is 6.18. The van der Waals surface area contributed by atoms with Gasteiger partial charge in [-0.2, -0.15) is 5.26 Å². The highest BCUT2D eigenvalue weighted by molar-refractivity contribution is 7.91. The number of sulfone groups is 1. The van der Waals surface area contributed by atoms with E-state index in [-0.39, 0.29) is 6.04 Å². The molecule has 0 saturated carbocycles. The van der Waals surface area contributed by atoms with Crippen LogP contribution in [0.3, 0.4) is 0 Å². The van der Waals surface area contributed by atoms with Crippen LogP contribution < -0.4 is 0 Å². The zero-order valence-electron chi connectivity index (χ0n) is 11.8. The average Bonchev–Trinajstić information content (AvgIpc) is 2.36. The van der Waals surface area contributed by atoms with E-state index >= 15 is 0 Å². The zero-order valence-corrected chi connectivity index (χ0v) is 12.6. The number of benzene rings is 1. The Morgan fingerprint density at radius 3 is 2.42 bits per heavy atom. The van der Waals surface area contributed by atoms with Crippen LogP contribution in [-0.4, -0.2) is 37.9 Å². The van der Waals surface area contributed by atoms with Crippen LogP contribution in [0, 0.1) is 11.3 Å². The lowest BCUT2D eigenvalue weighted by Crippen LogP contribution is -2.41. The molecule has 1 aromatic rings. The lowest BCUT2D eigenvalue weighted by Gasteiger charge is -2.29. The van der Waals surface area contributed by atoms with Crippen molar-refractivity contribution >= 4 is 9.84 Å². The quantitative estimate of drug-likeness (QED) is 0.825. The second-order valence-electron chi connectivity index (χ2n) is 4.96. The Morgan fingerprint density at radius 1 is 1.32 bits per heavy atom. The molecule has 1 rings (SSSR count). The minimum Gasteiger partial charge on any atom is -0.298 e. The van der Waals surface area contributed by atoms with E-state index in [1.165, 1.54) is 6.26 Å². The summed E-state index contributed by atoms with van der Waals surface area (Å²) in [7, 11) is -1.19. The molecule has 0 aliphatic rings. The van der Waals surface area contributed by atoms with E-state index in [1.807, 2.05) is 37.1 Å². The van der Waals surface area contributed by atoms with Crippen LogP contribution in [0.1, 0.15) is 25.0 Å². The first-order valence-corrected chi connectivity index (χ1v) is 8.10. The van der Waals surface area contributed by atoms with Crippen molar-refractivity contribution in [3.8, 4) is 6.07 Å². The molecular weight excluding hydrogens is 260 g/mol. The summed E-state index contributed by atoms with van der Waals surface area (Å²) in [6.07, 6.45) is 1.26. The third-order valence-corrected chi connectivity index (χ3v) is 5.35. The standard InChI is InChI=1S/C14H20N2O2S/c1-11(12(2)19(4,17)18)16(3)10-14-8-6-5-7-13(14)9-15/h5-8,11-12H,10H2,1-4H3/t11-,12-/m0/s1. The van der Waals surface area contributed by atoms with E-state index in [4.69, 9.17) is 5.26 Å². The van der Waals surface area contributed by atoms with E-state index in [9.17, 15) is 8.42 Å². The predicted molar refractivity (Wildman–Crippen MR) is 76.4 cm³/mol. The van der Waals surface area contributed by atoms with E-state index in [1.54, 1.807) is 13.0 Å². The van der Waals surface area contributed by atoms with E-state index < -0.39 is 15.1 Å². The fraction of sp³-hybridized carbons (Fsp3) is 0.500. The van der Waals surface area contributed by atoms with Gasteiger partial charge in [0.1, 0.15) is 0 Å². The maximum absolute atomic E-state index is 11.6. The Hall–Kier alpha value is -1.38. The molecule has 0 amide bonds. The third kappa shape index (κ3) is 4.05. The van der Waals surface area contributed by atoms with Crippen LogP contribution >= 0.6 is 0 Å². The van der Waals surface area contributed by atoms with Crippen molar-refractivity contribution in [2.45, 2.75) is 31.7 Å². The molecule has 0 spiro atoms. The molecule has 4 nitrogen and oxygen atoms in total. The topological polar surface area (TPSA) is 61.2 Å². The molecule has 1 aromatic carbocycles.